The minimum Gasteiger partial charge on any atom is -0.333 e. The first-order chi connectivity index (χ1) is 18.2. The monoisotopic (exact) mass is 491 g/mol. The van der Waals surface area contributed by atoms with Gasteiger partial charge in [0.05, 0.1) is 17.4 Å². The van der Waals surface area contributed by atoms with E-state index in [0.717, 1.165) is 55.1 Å². The maximum Gasteiger partial charge on any atom is 0.320 e. The Kier molecular flexibility index (Phi) is 6.49. The van der Waals surface area contributed by atoms with Crippen molar-refractivity contribution in [3.8, 4) is 5.69 Å². The van der Waals surface area contributed by atoms with Crippen LogP contribution >= 0.6 is 0 Å². The Labute approximate surface area is 218 Å². The highest BCUT2D eigenvalue weighted by Gasteiger charge is 2.41. The molecule has 1 saturated heterocycles. The van der Waals surface area contributed by atoms with Crippen molar-refractivity contribution in [1.82, 2.24) is 20.0 Å². The first-order valence-corrected chi connectivity index (χ1v) is 13.2. The predicted octanol–water partition coefficient (Wildman–Crippen LogP) is 5.54. The van der Waals surface area contributed by atoms with E-state index >= 15 is 0 Å². The molecule has 1 aromatic heterocycles. The van der Waals surface area contributed by atoms with Crippen molar-refractivity contribution in [1.29, 1.82) is 0 Å². The first kappa shape index (κ1) is 23.5. The van der Waals surface area contributed by atoms with Crippen LogP contribution in [0.25, 0.3) is 5.69 Å². The molecule has 37 heavy (non-hydrogen) atoms. The quantitative estimate of drug-likeness (QED) is 0.372. The number of aryl methyl sites for hydroxylation is 1. The Morgan fingerprint density at radius 3 is 2.32 bits per heavy atom. The summed E-state index contributed by atoms with van der Waals surface area (Å²) in [6.07, 6.45) is 2.97. The summed E-state index contributed by atoms with van der Waals surface area (Å²) < 4.78 is 1.89. The molecule has 4 aromatic rings. The molecule has 3 atom stereocenters. The molecule has 6 rings (SSSR count). The van der Waals surface area contributed by atoms with Crippen LogP contribution < -0.4 is 10.6 Å². The summed E-state index contributed by atoms with van der Waals surface area (Å²) in [4.78, 5) is 16.0. The van der Waals surface area contributed by atoms with Crippen molar-refractivity contribution in [2.24, 2.45) is 0 Å². The van der Waals surface area contributed by atoms with Gasteiger partial charge in [0.15, 0.2) is 0 Å². The molecule has 0 spiro atoms. The Morgan fingerprint density at radius 2 is 1.59 bits per heavy atom. The molecule has 2 amide bonds. The summed E-state index contributed by atoms with van der Waals surface area (Å²) in [5.74, 6) is 0.995. The Bertz CT molecular complexity index is 1350. The van der Waals surface area contributed by atoms with E-state index in [-0.39, 0.29) is 24.0 Å². The Hall–Kier alpha value is -3.90. The summed E-state index contributed by atoms with van der Waals surface area (Å²) in [7, 11) is 0. The summed E-state index contributed by atoms with van der Waals surface area (Å²) in [6, 6.07) is 31.1. The Morgan fingerprint density at radius 1 is 0.919 bits per heavy atom. The van der Waals surface area contributed by atoms with Crippen LogP contribution in [0.4, 0.5) is 10.6 Å². The van der Waals surface area contributed by atoms with Gasteiger partial charge in [0, 0.05) is 30.6 Å². The number of hydrogen-bond acceptors (Lipinski definition) is 3. The number of aromatic nitrogens is 2. The van der Waals surface area contributed by atoms with Crippen LogP contribution in [0, 0.1) is 0 Å². The molecule has 3 aromatic carbocycles. The number of benzene rings is 3. The second-order valence-corrected chi connectivity index (χ2v) is 10.2. The third-order valence-corrected chi connectivity index (χ3v) is 7.85. The van der Waals surface area contributed by atoms with Crippen LogP contribution in [0.3, 0.4) is 0 Å². The van der Waals surface area contributed by atoms with Gasteiger partial charge in [-0.3, -0.25) is 10.2 Å². The lowest BCUT2D eigenvalue weighted by atomic mass is 9.92. The first-order valence-electron chi connectivity index (χ1n) is 13.2. The van der Waals surface area contributed by atoms with Crippen LogP contribution in [0.1, 0.15) is 41.6 Å². The highest BCUT2D eigenvalue weighted by molar-refractivity contribution is 5.90. The van der Waals surface area contributed by atoms with Crippen LogP contribution in [-0.4, -0.2) is 39.3 Å². The predicted molar refractivity (Wildman–Crippen MR) is 147 cm³/mol. The zero-order chi connectivity index (χ0) is 25.2. The molecule has 188 valence electrons. The molecule has 6 nitrogen and oxygen atoms in total. The van der Waals surface area contributed by atoms with E-state index in [4.69, 9.17) is 5.10 Å². The van der Waals surface area contributed by atoms with Crippen molar-refractivity contribution in [3.05, 3.63) is 113 Å². The minimum atomic E-state index is -0.175. The molecule has 0 unspecified atom stereocenters. The maximum atomic E-state index is 13.6. The van der Waals surface area contributed by atoms with Gasteiger partial charge >= 0.3 is 6.03 Å². The number of nitrogens with zero attached hydrogens (tertiary/aromatic N) is 3. The van der Waals surface area contributed by atoms with Crippen molar-refractivity contribution in [3.63, 3.8) is 0 Å². The van der Waals surface area contributed by atoms with Gasteiger partial charge in [-0.2, -0.15) is 5.10 Å². The van der Waals surface area contributed by atoms with E-state index in [1.54, 1.807) is 0 Å². The summed E-state index contributed by atoms with van der Waals surface area (Å²) in [5, 5.41) is 11.4. The smallest absolute Gasteiger partial charge is 0.320 e. The molecule has 0 saturated carbocycles. The zero-order valence-corrected chi connectivity index (χ0v) is 21.2. The number of carbonyl (C=O) groups is 1. The van der Waals surface area contributed by atoms with Gasteiger partial charge in [0.1, 0.15) is 5.82 Å². The third kappa shape index (κ3) is 4.77. The molecule has 1 aliphatic carbocycles. The highest BCUT2D eigenvalue weighted by atomic mass is 16.2. The molecule has 6 heteroatoms. The molecule has 0 bridgehead atoms. The highest BCUT2D eigenvalue weighted by Crippen LogP contribution is 2.34. The number of amides is 2. The number of anilines is 1. The van der Waals surface area contributed by atoms with Gasteiger partial charge in [-0.15, -0.1) is 0 Å². The van der Waals surface area contributed by atoms with E-state index in [2.05, 4.69) is 77.1 Å². The van der Waals surface area contributed by atoms with Crippen LogP contribution in [0.5, 0.6) is 0 Å². The van der Waals surface area contributed by atoms with Crippen molar-refractivity contribution in [2.45, 2.75) is 50.7 Å². The fourth-order valence-corrected chi connectivity index (χ4v) is 5.93. The largest absolute Gasteiger partial charge is 0.333 e. The zero-order valence-electron chi connectivity index (χ0n) is 21.2. The SMILES string of the molecule is C[C@H]1[C@H](NC(=O)Nc2c3c(nn2-c2ccccc2)CCC3)[C@@H](c2ccccc2)CN1Cc1ccccc1. The van der Waals surface area contributed by atoms with Crippen molar-refractivity contribution >= 4 is 11.8 Å². The molecular formula is C31H33N5O. The van der Waals surface area contributed by atoms with Crippen molar-refractivity contribution in [2.75, 3.05) is 11.9 Å². The lowest BCUT2D eigenvalue weighted by Crippen LogP contribution is -2.46. The lowest BCUT2D eigenvalue weighted by Gasteiger charge is -2.26. The van der Waals surface area contributed by atoms with E-state index < -0.39 is 0 Å². The van der Waals surface area contributed by atoms with E-state index in [1.807, 2.05) is 41.1 Å². The van der Waals surface area contributed by atoms with Gasteiger partial charge in [0.25, 0.3) is 0 Å². The number of hydrogen-bond donors (Lipinski definition) is 2. The van der Waals surface area contributed by atoms with E-state index in [0.29, 0.717) is 0 Å². The van der Waals surface area contributed by atoms with Gasteiger partial charge < -0.3 is 5.32 Å². The summed E-state index contributed by atoms with van der Waals surface area (Å²) in [5.41, 5.74) is 5.74. The maximum absolute atomic E-state index is 13.6. The topological polar surface area (TPSA) is 62.2 Å². The number of likely N-dealkylation sites (tertiary alicyclic amines) is 1. The van der Waals surface area contributed by atoms with Crippen molar-refractivity contribution < 1.29 is 4.79 Å². The molecular weight excluding hydrogens is 458 g/mol. The number of carbonyl (C=O) groups excluding carboxylic acids is 1. The average Bonchev–Trinajstić information content (AvgIpc) is 3.61. The molecule has 2 N–H and O–H groups in total. The number of nitrogens with one attached hydrogen (secondary N) is 2. The third-order valence-electron chi connectivity index (χ3n) is 7.85. The van der Waals surface area contributed by atoms with Gasteiger partial charge in [-0.25, -0.2) is 9.48 Å². The molecule has 1 fully saturated rings. The standard InChI is InChI=1S/C31H33N5O/c1-22-29(27(24-14-7-3-8-15-24)21-35(22)20-23-12-5-2-6-13-23)32-31(37)33-30-26-18-11-19-28(26)34-36(30)25-16-9-4-10-17-25/h2-10,12-17,22,27,29H,11,18-21H2,1H3,(H2,32,33,37)/t22-,27+,29-/m0/s1. The molecule has 2 aliphatic rings. The van der Waals surface area contributed by atoms with Gasteiger partial charge in [-0.05, 0) is 49.4 Å². The number of urea groups is 1. The van der Waals surface area contributed by atoms with E-state index in [1.165, 1.54) is 11.1 Å². The second-order valence-electron chi connectivity index (χ2n) is 10.2. The van der Waals surface area contributed by atoms with Gasteiger partial charge in [0.2, 0.25) is 0 Å². The number of para-hydroxylation sites is 1. The second kappa shape index (κ2) is 10.2. The van der Waals surface area contributed by atoms with Crippen LogP contribution in [0.2, 0.25) is 0 Å². The summed E-state index contributed by atoms with van der Waals surface area (Å²) >= 11 is 0. The lowest BCUT2D eigenvalue weighted by molar-refractivity contribution is 0.229. The van der Waals surface area contributed by atoms with Crippen LogP contribution in [0.15, 0.2) is 91.0 Å². The van der Waals surface area contributed by atoms with Crippen LogP contribution in [-0.2, 0) is 19.4 Å². The number of fused-ring (bicyclic) bond motifs is 1. The fraction of sp³-hybridized carbons (Fsp3) is 0.290. The number of rotatable bonds is 6. The fourth-order valence-electron chi connectivity index (χ4n) is 5.93. The van der Waals surface area contributed by atoms with E-state index in [9.17, 15) is 4.79 Å². The molecule has 1 aliphatic heterocycles. The van der Waals surface area contributed by atoms with Gasteiger partial charge in [-0.1, -0.05) is 78.9 Å². The molecule has 2 heterocycles. The molecule has 0 radical (unpaired) electrons. The normalized spacial score (nSPS) is 21.1. The summed E-state index contributed by atoms with van der Waals surface area (Å²) in [6.45, 7) is 3.98. The average molecular weight is 492 g/mol. The Balaban J connectivity index is 1.25. The minimum absolute atomic E-state index is 0.0211.